The molecule has 5 rings (SSSR count). The minimum atomic E-state index is -0.0622. The molecule has 3 aromatic carbocycles. The Hall–Kier alpha value is -2.03. The van der Waals surface area contributed by atoms with Gasteiger partial charge >= 0.3 is 0 Å². The molecule has 0 aliphatic carbocycles. The molecule has 36 heavy (non-hydrogen) atoms. The molecule has 0 fully saturated rings. The fourth-order valence-electron chi connectivity index (χ4n) is 7.07. The first-order chi connectivity index (χ1) is 16.6. The Morgan fingerprint density at radius 1 is 0.528 bits per heavy atom. The number of benzene rings is 3. The lowest BCUT2D eigenvalue weighted by Gasteiger charge is -2.51. The number of hydrogen-bond acceptors (Lipinski definition) is 2. The average Bonchev–Trinajstić information content (AvgIpc) is 2.82. The Kier molecular flexibility index (Phi) is 5.68. The predicted octanol–water partition coefficient (Wildman–Crippen LogP) is -13.6. The van der Waals surface area contributed by atoms with Crippen molar-refractivity contribution in [3.63, 3.8) is 0 Å². The predicted molar refractivity (Wildman–Crippen MR) is 196 cm³/mol. The zero-order chi connectivity index (χ0) is 26.8. The molecule has 2 aliphatic heterocycles. The van der Waals surface area contributed by atoms with Crippen LogP contribution in [0, 0.1) is 6.92 Å². The van der Waals surface area contributed by atoms with E-state index in [1.165, 1.54) is 99.3 Å². The molecule has 0 radical (unpaired) electrons. The van der Waals surface area contributed by atoms with Crippen LogP contribution in [-0.2, 0) is 0 Å². The molecule has 13 heteroatoms. The van der Waals surface area contributed by atoms with Crippen molar-refractivity contribution in [1.29, 1.82) is 0 Å². The molecule has 0 unspecified atom stereocenters. The third-order valence-corrected chi connectivity index (χ3v) is 10.1. The second-order valence-electron chi connectivity index (χ2n) is 12.6. The maximum atomic E-state index is 4.03. The first-order valence-electron chi connectivity index (χ1n) is 13.5. The van der Waals surface area contributed by atoms with Crippen molar-refractivity contribution in [2.75, 3.05) is 10.2 Å². The molecule has 168 valence electrons. The molecule has 0 aromatic heterocycles. The maximum absolute atomic E-state index is 4.03. The Morgan fingerprint density at radius 3 is 1.53 bits per heavy atom. The summed E-state index contributed by atoms with van der Waals surface area (Å²) in [7, 11) is 23.2. The standard InChI is InChI=1S/C23H33B11N2/c1-5-6(24)7(25)12(30)17-21(5)36(23(2,3)4)22-15(33)10(28)14(32)20-18(22)34(17)16-11(29)8(26)9(27)13(31)19(16)35-20/h35H,24-33H2,1-4H3. The number of rotatable bonds is 0. The Bertz CT molecular complexity index is 1500. The molecular weight excluding hydrogens is 423 g/mol. The molecule has 2 nitrogen and oxygen atoms in total. The van der Waals surface area contributed by atoms with Crippen molar-refractivity contribution in [2.24, 2.45) is 0 Å². The monoisotopic (exact) mass is 458 g/mol. The van der Waals surface area contributed by atoms with Crippen LogP contribution >= 0.6 is 0 Å². The van der Waals surface area contributed by atoms with E-state index >= 15 is 0 Å². The molecule has 0 atom stereocenters. The van der Waals surface area contributed by atoms with Crippen molar-refractivity contribution in [3.05, 3.63) is 5.56 Å². The van der Waals surface area contributed by atoms with Crippen LogP contribution in [0.2, 0.25) is 0 Å². The number of nitrogens with one attached hydrogen (secondary N) is 1. The van der Waals surface area contributed by atoms with E-state index in [1.54, 1.807) is 0 Å². The highest BCUT2D eigenvalue weighted by molar-refractivity contribution is 7.05. The Morgan fingerprint density at radius 2 is 0.972 bits per heavy atom. The summed E-state index contributed by atoms with van der Waals surface area (Å²) in [6.07, 6.45) is 0. The van der Waals surface area contributed by atoms with Crippen LogP contribution in [-0.4, -0.2) is 90.7 Å². The summed E-state index contributed by atoms with van der Waals surface area (Å²) in [5.74, 6) is 0. The van der Waals surface area contributed by atoms with E-state index in [2.05, 4.69) is 116 Å². The summed E-state index contributed by atoms with van der Waals surface area (Å²) >= 11 is 0. The van der Waals surface area contributed by atoms with Crippen molar-refractivity contribution in [1.82, 2.24) is 0 Å². The molecule has 0 saturated carbocycles. The van der Waals surface area contributed by atoms with Gasteiger partial charge in [-0.3, -0.25) is 0 Å². The van der Waals surface area contributed by atoms with E-state index in [9.17, 15) is 0 Å². The van der Waals surface area contributed by atoms with Crippen molar-refractivity contribution in [2.45, 2.75) is 33.2 Å². The normalized spacial score (nSPS) is 13.7. The van der Waals surface area contributed by atoms with Gasteiger partial charge in [0.05, 0.1) is 0 Å². The summed E-state index contributed by atoms with van der Waals surface area (Å²) in [5, 5.41) is 4.03. The van der Waals surface area contributed by atoms with Gasteiger partial charge in [0.25, 0.3) is 0 Å². The average molecular weight is 456 g/mol. The summed E-state index contributed by atoms with van der Waals surface area (Å²) in [6.45, 7) is 9.69. The lowest BCUT2D eigenvalue weighted by atomic mass is 9.29. The van der Waals surface area contributed by atoms with Crippen LogP contribution < -0.4 is 81.2 Å². The molecule has 0 spiro atoms. The zero-order valence-electron chi connectivity index (χ0n) is 25.0. The Balaban J connectivity index is 2.10. The van der Waals surface area contributed by atoms with E-state index in [4.69, 9.17) is 0 Å². The second kappa shape index (κ2) is 7.99. The summed E-state index contributed by atoms with van der Waals surface area (Å²) in [6, 6.07) is 0. The van der Waals surface area contributed by atoms with Gasteiger partial charge in [0.15, 0.2) is 0 Å². The highest BCUT2D eigenvalue weighted by Gasteiger charge is 2.46. The minimum absolute atomic E-state index is 0.0622. The van der Waals surface area contributed by atoms with Crippen LogP contribution in [0.5, 0.6) is 0 Å². The van der Waals surface area contributed by atoms with Gasteiger partial charge in [-0.15, -0.1) is 10.9 Å². The fraction of sp³-hybridized carbons (Fsp3) is 0.217. The molecule has 0 saturated heterocycles. The summed E-state index contributed by atoms with van der Waals surface area (Å²) < 4.78 is 0. The molecule has 3 aromatic rings. The van der Waals surface area contributed by atoms with Crippen molar-refractivity contribution >= 4 is 179 Å². The van der Waals surface area contributed by atoms with Crippen molar-refractivity contribution in [3.8, 4) is 0 Å². The van der Waals surface area contributed by atoms with E-state index in [0.717, 1.165) is 0 Å². The number of anilines is 4. The van der Waals surface area contributed by atoms with Gasteiger partial charge < -0.3 is 10.2 Å². The first-order valence-corrected chi connectivity index (χ1v) is 13.5. The van der Waals surface area contributed by atoms with Crippen molar-refractivity contribution < 1.29 is 0 Å². The molecule has 0 bridgehead atoms. The minimum Gasteiger partial charge on any atom is -0.357 e. The smallest absolute Gasteiger partial charge is 0.250 e. The van der Waals surface area contributed by atoms with Gasteiger partial charge in [0, 0.05) is 28.3 Å². The van der Waals surface area contributed by atoms with Crippen LogP contribution in [0.15, 0.2) is 0 Å². The number of fused-ring (bicyclic) bond motifs is 4. The largest absolute Gasteiger partial charge is 0.357 e. The van der Waals surface area contributed by atoms with Crippen LogP contribution in [0.25, 0.3) is 0 Å². The second-order valence-corrected chi connectivity index (χ2v) is 12.6. The van der Waals surface area contributed by atoms with E-state index in [0.29, 0.717) is 0 Å². The lowest BCUT2D eigenvalue weighted by molar-refractivity contribution is 0.561. The quantitative estimate of drug-likeness (QED) is 0.265. The molecule has 1 N–H and O–H groups in total. The van der Waals surface area contributed by atoms with Gasteiger partial charge in [-0.2, -0.15) is 0 Å². The molecule has 2 heterocycles. The summed E-state index contributed by atoms with van der Waals surface area (Å²) in [4.78, 5) is 2.68. The summed E-state index contributed by atoms with van der Waals surface area (Å²) in [5.41, 5.74) is 25.5. The molecule has 0 amide bonds. The topological polar surface area (TPSA) is 15.3 Å². The van der Waals surface area contributed by atoms with Crippen LogP contribution in [0.3, 0.4) is 0 Å². The van der Waals surface area contributed by atoms with E-state index < -0.39 is 0 Å². The molecular formula is C23H33B11N2. The van der Waals surface area contributed by atoms with Crippen LogP contribution in [0.4, 0.5) is 22.7 Å². The SMILES string of the molecule is Bc1c(B)c(B)c2c(c1B)Nc1c(B)c(B)c(B)c3c1B2c1c(B)c(B)c(B)c(C)c1N3C(C)(C)C. The van der Waals surface area contributed by atoms with Gasteiger partial charge in [-0.1, -0.05) is 54.6 Å². The Labute approximate surface area is 227 Å². The fourth-order valence-corrected chi connectivity index (χ4v) is 7.07. The highest BCUT2D eigenvalue weighted by Crippen LogP contribution is 2.37. The van der Waals surface area contributed by atoms with E-state index in [1.807, 2.05) is 0 Å². The third kappa shape index (κ3) is 3.07. The van der Waals surface area contributed by atoms with Crippen LogP contribution in [0.1, 0.15) is 26.3 Å². The number of nitrogens with zero attached hydrogens (tertiary/aromatic N) is 1. The van der Waals surface area contributed by atoms with Gasteiger partial charge in [0.2, 0.25) is 6.71 Å². The molecule has 2 aliphatic rings. The maximum Gasteiger partial charge on any atom is 0.250 e. The lowest BCUT2D eigenvalue weighted by Crippen LogP contribution is -2.75. The highest BCUT2D eigenvalue weighted by atomic mass is 15.2. The zero-order valence-corrected chi connectivity index (χ0v) is 25.0. The first kappa shape index (κ1) is 25.6. The number of hydrogen-bond donors (Lipinski definition) is 1. The van der Waals surface area contributed by atoms with Gasteiger partial charge in [-0.25, -0.2) is 0 Å². The van der Waals surface area contributed by atoms with E-state index in [-0.39, 0.29) is 12.3 Å². The van der Waals surface area contributed by atoms with Gasteiger partial charge in [0.1, 0.15) is 78.5 Å². The van der Waals surface area contributed by atoms with Gasteiger partial charge in [-0.05, 0) is 38.7 Å². The third-order valence-electron chi connectivity index (χ3n) is 10.1.